The smallest absolute Gasteiger partial charge is 0.230 e. The fourth-order valence-electron chi connectivity index (χ4n) is 4.32. The van der Waals surface area contributed by atoms with E-state index in [1.807, 2.05) is 35.2 Å². The van der Waals surface area contributed by atoms with Gasteiger partial charge in [-0.15, -0.1) is 0 Å². The lowest BCUT2D eigenvalue weighted by Crippen LogP contribution is -2.31. The zero-order valence-electron chi connectivity index (χ0n) is 20.6. The second kappa shape index (κ2) is 11.2. The Balaban J connectivity index is 0.000000179. The van der Waals surface area contributed by atoms with Crippen molar-refractivity contribution in [1.29, 1.82) is 0 Å². The number of nitrogens with zero attached hydrogens (tertiary/aromatic N) is 4. The van der Waals surface area contributed by atoms with Gasteiger partial charge < -0.3 is 19.1 Å². The topological polar surface area (TPSA) is 88.8 Å². The van der Waals surface area contributed by atoms with Gasteiger partial charge in [0.25, 0.3) is 0 Å². The van der Waals surface area contributed by atoms with E-state index in [1.165, 1.54) is 11.1 Å². The Kier molecular flexibility index (Phi) is 7.80. The second-order valence-electron chi connectivity index (χ2n) is 9.02. The molecule has 0 radical (unpaired) electrons. The van der Waals surface area contributed by atoms with E-state index >= 15 is 0 Å². The van der Waals surface area contributed by atoms with Gasteiger partial charge in [0.05, 0.1) is 7.11 Å². The second-order valence-corrected chi connectivity index (χ2v) is 9.02. The summed E-state index contributed by atoms with van der Waals surface area (Å²) < 4.78 is 10.5. The molecule has 0 bridgehead atoms. The largest absolute Gasteiger partial charge is 0.497 e. The number of rotatable bonds is 5. The molecule has 8 nitrogen and oxygen atoms in total. The SMILES string of the molecule is COc1ccc(-c2noc(C3CCN(C=O)CC3)n2)cc1.Cc1ccc(N2CCCC2=O)cc1C. The molecule has 8 heteroatoms. The third-order valence-electron chi connectivity index (χ3n) is 6.69. The number of methoxy groups -OCH3 is 1. The lowest BCUT2D eigenvalue weighted by molar-refractivity contribution is -0.119. The Labute approximate surface area is 205 Å². The van der Waals surface area contributed by atoms with Crippen molar-refractivity contribution in [2.45, 2.75) is 45.4 Å². The Hall–Kier alpha value is -3.68. The summed E-state index contributed by atoms with van der Waals surface area (Å²) >= 11 is 0. The average Bonchev–Trinajstić information content (AvgIpc) is 3.56. The molecule has 2 aromatic carbocycles. The Bertz CT molecular complexity index is 1150. The summed E-state index contributed by atoms with van der Waals surface area (Å²) in [5, 5.41) is 4.05. The van der Waals surface area contributed by atoms with Gasteiger partial charge in [0, 0.05) is 43.2 Å². The van der Waals surface area contributed by atoms with Gasteiger partial charge in [-0.3, -0.25) is 9.59 Å². The van der Waals surface area contributed by atoms with E-state index in [2.05, 4.69) is 36.1 Å². The van der Waals surface area contributed by atoms with Gasteiger partial charge in [-0.25, -0.2) is 0 Å². The molecule has 184 valence electrons. The Morgan fingerprint density at radius 1 is 1.03 bits per heavy atom. The maximum Gasteiger partial charge on any atom is 0.230 e. The standard InChI is InChI=1S/C15H17N3O3.C12H15NO/c1-20-13-4-2-11(3-5-13)14-16-15(21-17-14)12-6-8-18(10-19)9-7-12;1-9-5-6-11(8-10(9)2)13-7-3-4-12(13)14/h2-5,10,12H,6-9H2,1H3;5-6,8H,3-4,7H2,1-2H3. The molecule has 0 unspecified atom stereocenters. The Morgan fingerprint density at radius 2 is 1.77 bits per heavy atom. The molecule has 0 aliphatic carbocycles. The normalized spacial score (nSPS) is 16.1. The highest BCUT2D eigenvalue weighted by molar-refractivity contribution is 5.95. The number of piperidine rings is 1. The van der Waals surface area contributed by atoms with E-state index in [0.717, 1.165) is 62.3 Å². The number of likely N-dealkylation sites (tertiary alicyclic amines) is 1. The molecule has 2 aliphatic rings. The maximum absolute atomic E-state index is 11.5. The number of hydrogen-bond donors (Lipinski definition) is 0. The van der Waals surface area contributed by atoms with Gasteiger partial charge in [0.1, 0.15) is 5.75 Å². The van der Waals surface area contributed by atoms with Crippen LogP contribution in [0.5, 0.6) is 5.75 Å². The van der Waals surface area contributed by atoms with Crippen LogP contribution < -0.4 is 9.64 Å². The molecule has 2 saturated heterocycles. The van der Waals surface area contributed by atoms with E-state index < -0.39 is 0 Å². The summed E-state index contributed by atoms with van der Waals surface area (Å²) in [7, 11) is 1.63. The number of ether oxygens (including phenoxy) is 1. The highest BCUT2D eigenvalue weighted by Crippen LogP contribution is 2.28. The van der Waals surface area contributed by atoms with Crippen LogP contribution in [0.15, 0.2) is 47.0 Å². The number of carbonyl (C=O) groups excluding carboxylic acids is 2. The molecular weight excluding hydrogens is 444 g/mol. The van der Waals surface area contributed by atoms with Crippen molar-refractivity contribution in [1.82, 2.24) is 15.0 Å². The van der Waals surface area contributed by atoms with Crippen molar-refractivity contribution >= 4 is 18.0 Å². The fourth-order valence-corrected chi connectivity index (χ4v) is 4.32. The van der Waals surface area contributed by atoms with Crippen LogP contribution in [0.1, 0.15) is 48.6 Å². The van der Waals surface area contributed by atoms with Crippen molar-refractivity contribution in [2.24, 2.45) is 0 Å². The van der Waals surface area contributed by atoms with Crippen LogP contribution in [-0.4, -0.2) is 54.1 Å². The molecule has 0 N–H and O–H groups in total. The molecule has 2 amide bonds. The van der Waals surface area contributed by atoms with Crippen molar-refractivity contribution in [2.75, 3.05) is 31.6 Å². The fraction of sp³-hybridized carbons (Fsp3) is 0.407. The first-order valence-corrected chi connectivity index (χ1v) is 12.0. The average molecular weight is 477 g/mol. The van der Waals surface area contributed by atoms with Gasteiger partial charge in [-0.2, -0.15) is 4.98 Å². The van der Waals surface area contributed by atoms with Crippen LogP contribution in [0.2, 0.25) is 0 Å². The number of benzene rings is 2. The predicted molar refractivity (Wildman–Crippen MR) is 133 cm³/mol. The first-order valence-electron chi connectivity index (χ1n) is 12.0. The molecule has 2 aliphatic heterocycles. The maximum atomic E-state index is 11.5. The molecule has 5 rings (SSSR count). The molecule has 0 atom stereocenters. The summed E-state index contributed by atoms with van der Waals surface area (Å²) in [5.74, 6) is 2.54. The number of carbonyl (C=O) groups is 2. The van der Waals surface area contributed by atoms with E-state index in [4.69, 9.17) is 9.26 Å². The predicted octanol–water partition coefficient (Wildman–Crippen LogP) is 4.51. The number of aromatic nitrogens is 2. The third-order valence-corrected chi connectivity index (χ3v) is 6.69. The third kappa shape index (κ3) is 5.88. The molecule has 0 spiro atoms. The minimum atomic E-state index is 0.237. The summed E-state index contributed by atoms with van der Waals surface area (Å²) in [5.41, 5.74) is 4.48. The quantitative estimate of drug-likeness (QED) is 0.504. The van der Waals surface area contributed by atoms with Gasteiger partial charge in [-0.1, -0.05) is 11.2 Å². The van der Waals surface area contributed by atoms with Crippen LogP contribution in [0, 0.1) is 13.8 Å². The first kappa shape index (κ1) is 24.4. The van der Waals surface area contributed by atoms with Gasteiger partial charge in [0.2, 0.25) is 24.0 Å². The number of aryl methyl sites for hydroxylation is 2. The number of amides is 2. The summed E-state index contributed by atoms with van der Waals surface area (Å²) in [4.78, 5) is 30.3. The molecule has 0 saturated carbocycles. The van der Waals surface area contributed by atoms with Gasteiger partial charge in [0.15, 0.2) is 0 Å². The van der Waals surface area contributed by atoms with Gasteiger partial charge in [-0.05, 0) is 80.6 Å². The number of anilines is 1. The monoisotopic (exact) mass is 476 g/mol. The number of hydrogen-bond acceptors (Lipinski definition) is 6. The van der Waals surface area contributed by atoms with Gasteiger partial charge >= 0.3 is 0 Å². The summed E-state index contributed by atoms with van der Waals surface area (Å²) in [6.07, 6.45) is 4.32. The molecule has 3 heterocycles. The highest BCUT2D eigenvalue weighted by atomic mass is 16.5. The summed E-state index contributed by atoms with van der Waals surface area (Å²) in [6.45, 7) is 6.54. The molecular formula is C27H32N4O4. The van der Waals surface area contributed by atoms with Crippen molar-refractivity contribution < 1.29 is 18.8 Å². The van der Waals surface area contributed by atoms with Crippen molar-refractivity contribution in [3.63, 3.8) is 0 Å². The lowest BCUT2D eigenvalue weighted by Gasteiger charge is -2.26. The Morgan fingerprint density at radius 3 is 2.37 bits per heavy atom. The molecule has 2 fully saturated rings. The highest BCUT2D eigenvalue weighted by Gasteiger charge is 2.25. The zero-order valence-corrected chi connectivity index (χ0v) is 20.6. The van der Waals surface area contributed by atoms with Crippen LogP contribution in [0.25, 0.3) is 11.4 Å². The molecule has 1 aromatic heterocycles. The van der Waals surface area contributed by atoms with E-state index in [1.54, 1.807) is 12.0 Å². The summed E-state index contributed by atoms with van der Waals surface area (Å²) in [6, 6.07) is 13.8. The van der Waals surface area contributed by atoms with Crippen LogP contribution in [0.3, 0.4) is 0 Å². The van der Waals surface area contributed by atoms with Crippen molar-refractivity contribution in [3.8, 4) is 17.1 Å². The van der Waals surface area contributed by atoms with E-state index in [9.17, 15) is 9.59 Å². The van der Waals surface area contributed by atoms with Crippen molar-refractivity contribution in [3.05, 3.63) is 59.5 Å². The molecule has 35 heavy (non-hydrogen) atoms. The van der Waals surface area contributed by atoms with E-state index in [0.29, 0.717) is 18.1 Å². The van der Waals surface area contributed by atoms with E-state index in [-0.39, 0.29) is 11.8 Å². The minimum Gasteiger partial charge on any atom is -0.497 e. The van der Waals surface area contributed by atoms with Crippen LogP contribution >= 0.6 is 0 Å². The zero-order chi connectivity index (χ0) is 24.8. The van der Waals surface area contributed by atoms with Crippen LogP contribution in [-0.2, 0) is 9.59 Å². The first-order chi connectivity index (χ1) is 17.0. The van der Waals surface area contributed by atoms with Crippen LogP contribution in [0.4, 0.5) is 5.69 Å². The minimum absolute atomic E-state index is 0.237. The lowest BCUT2D eigenvalue weighted by atomic mass is 9.97. The molecule has 3 aromatic rings.